The van der Waals surface area contributed by atoms with Crippen molar-refractivity contribution >= 4 is 56.8 Å². The topological polar surface area (TPSA) is 165 Å². The molecule has 1 aliphatic carbocycles. The van der Waals surface area contributed by atoms with Gasteiger partial charge in [-0.05, 0) is 57.1 Å². The van der Waals surface area contributed by atoms with Gasteiger partial charge in [0, 0.05) is 12.5 Å². The predicted molar refractivity (Wildman–Crippen MR) is 135 cm³/mol. The molecular formula is C23H29ClN4O7S2. The van der Waals surface area contributed by atoms with Crippen LogP contribution in [-0.4, -0.2) is 61.4 Å². The first-order valence-corrected chi connectivity index (χ1v) is 14.8. The quantitative estimate of drug-likeness (QED) is 0.464. The van der Waals surface area contributed by atoms with Crippen LogP contribution in [0.5, 0.6) is 0 Å². The lowest BCUT2D eigenvalue weighted by Crippen LogP contribution is -2.57. The predicted octanol–water partition coefficient (Wildman–Crippen LogP) is 2.06. The number of nitrogens with two attached hydrogens (primary N) is 1. The lowest BCUT2D eigenvalue weighted by atomic mass is 10.1. The molecule has 0 aromatic carbocycles. The number of nitrogens with zero attached hydrogens (tertiary/aromatic N) is 1. The first-order chi connectivity index (χ1) is 17.5. The Morgan fingerprint density at radius 2 is 1.97 bits per heavy atom. The molecular weight excluding hydrogens is 544 g/mol. The second-order valence-electron chi connectivity index (χ2n) is 9.45. The maximum atomic E-state index is 13.4. The Morgan fingerprint density at radius 3 is 2.68 bits per heavy atom. The summed E-state index contributed by atoms with van der Waals surface area (Å²) in [7, 11) is -4.19. The van der Waals surface area contributed by atoms with Crippen LogP contribution in [-0.2, 0) is 29.1 Å². The highest BCUT2D eigenvalue weighted by molar-refractivity contribution is 7.92. The highest BCUT2D eigenvalue weighted by atomic mass is 35.5. The summed E-state index contributed by atoms with van der Waals surface area (Å²) in [5, 5.41) is 2.75. The molecule has 3 heterocycles. The molecule has 4 amide bonds. The van der Waals surface area contributed by atoms with E-state index in [0.29, 0.717) is 25.7 Å². The molecule has 1 saturated heterocycles. The molecule has 1 saturated carbocycles. The zero-order chi connectivity index (χ0) is 26.8. The normalized spacial score (nSPS) is 29.6. The standard InChI is InChI=1S/C23H29ClN4O7S2/c24-17-10-11-18(36-17)37(33,34)27-21(31)23-13-14(23)7-4-2-1-3-5-9-16(35-22(25)32)20(30)28-12-6-8-15(28)19(29)26-23/h4,7,10-11,14-16H,1-3,5-6,8-9,12-13H2,(H2,25,32)(H,26,29)(H,27,31)/b7-4-. The zero-order valence-electron chi connectivity index (χ0n) is 20.0. The van der Waals surface area contributed by atoms with Crippen LogP contribution in [0.25, 0.3) is 0 Å². The van der Waals surface area contributed by atoms with Gasteiger partial charge < -0.3 is 20.7 Å². The van der Waals surface area contributed by atoms with E-state index < -0.39 is 57.4 Å². The van der Waals surface area contributed by atoms with E-state index in [1.54, 1.807) is 0 Å². The van der Waals surface area contributed by atoms with E-state index in [0.717, 1.165) is 24.2 Å². The summed E-state index contributed by atoms with van der Waals surface area (Å²) in [5.41, 5.74) is 3.71. The number of thiophene rings is 1. The minimum Gasteiger partial charge on any atom is -0.436 e. The molecule has 0 bridgehead atoms. The number of allylic oxidation sites excluding steroid dienone is 1. The van der Waals surface area contributed by atoms with Gasteiger partial charge >= 0.3 is 6.09 Å². The van der Waals surface area contributed by atoms with E-state index in [4.69, 9.17) is 22.1 Å². The Balaban J connectivity index is 1.58. The third kappa shape index (κ3) is 6.10. The molecule has 1 aromatic rings. The van der Waals surface area contributed by atoms with Crippen molar-refractivity contribution < 1.29 is 32.3 Å². The van der Waals surface area contributed by atoms with E-state index in [1.807, 2.05) is 12.2 Å². The van der Waals surface area contributed by atoms with Crippen LogP contribution in [0.1, 0.15) is 51.4 Å². The number of primary amides is 1. The van der Waals surface area contributed by atoms with Gasteiger partial charge in [0.1, 0.15) is 15.8 Å². The van der Waals surface area contributed by atoms with E-state index in [2.05, 4.69) is 10.0 Å². The van der Waals surface area contributed by atoms with Gasteiger partial charge in [-0.3, -0.25) is 14.4 Å². The van der Waals surface area contributed by atoms with Crippen molar-refractivity contribution in [1.82, 2.24) is 14.9 Å². The number of ether oxygens (including phenoxy) is 1. The number of hydrogen-bond donors (Lipinski definition) is 3. The SMILES string of the molecule is NC(=O)OC1CCCCC/C=C\C2CC2(C(=O)NS(=O)(=O)c2ccc(Cl)s2)NC(=O)C2CCCN2C1=O. The third-order valence-corrected chi connectivity index (χ3v) is 9.94. The van der Waals surface area contributed by atoms with Crippen LogP contribution in [0.15, 0.2) is 28.5 Å². The fourth-order valence-electron chi connectivity index (χ4n) is 4.88. The molecule has 1 aromatic heterocycles. The molecule has 3 aliphatic rings. The molecule has 14 heteroatoms. The third-order valence-electron chi connectivity index (χ3n) is 6.88. The van der Waals surface area contributed by atoms with Gasteiger partial charge in [0.2, 0.25) is 5.91 Å². The van der Waals surface area contributed by atoms with Crippen molar-refractivity contribution in [3.63, 3.8) is 0 Å². The Bertz CT molecular complexity index is 1220. The molecule has 11 nitrogen and oxygen atoms in total. The number of halogens is 1. The highest BCUT2D eigenvalue weighted by Crippen LogP contribution is 2.46. The molecule has 0 spiro atoms. The number of carbonyl (C=O) groups excluding carboxylic acids is 4. The van der Waals surface area contributed by atoms with Gasteiger partial charge in [-0.25, -0.2) is 17.9 Å². The van der Waals surface area contributed by atoms with Gasteiger partial charge in [-0.1, -0.05) is 30.2 Å². The van der Waals surface area contributed by atoms with Gasteiger partial charge in [-0.15, -0.1) is 11.3 Å². The summed E-state index contributed by atoms with van der Waals surface area (Å²) in [6.45, 7) is 0.283. The lowest BCUT2D eigenvalue weighted by molar-refractivity contribution is -0.146. The number of fused-ring (bicyclic) bond motifs is 2. The van der Waals surface area contributed by atoms with Crippen molar-refractivity contribution in [2.75, 3.05) is 6.54 Å². The van der Waals surface area contributed by atoms with Gasteiger partial charge in [0.25, 0.3) is 21.8 Å². The summed E-state index contributed by atoms with van der Waals surface area (Å²) in [6, 6.07) is 1.82. The Labute approximate surface area is 223 Å². The van der Waals surface area contributed by atoms with E-state index in [9.17, 15) is 27.6 Å². The van der Waals surface area contributed by atoms with Crippen molar-refractivity contribution in [1.29, 1.82) is 0 Å². The van der Waals surface area contributed by atoms with Crippen LogP contribution in [0.3, 0.4) is 0 Å². The van der Waals surface area contributed by atoms with Gasteiger partial charge in [0.15, 0.2) is 6.10 Å². The molecule has 4 atom stereocenters. The molecule has 0 radical (unpaired) electrons. The molecule has 202 valence electrons. The van der Waals surface area contributed by atoms with E-state index in [-0.39, 0.29) is 27.9 Å². The Morgan fingerprint density at radius 1 is 1.19 bits per heavy atom. The van der Waals surface area contributed by atoms with Crippen LogP contribution in [0, 0.1) is 5.92 Å². The fraction of sp³-hybridized carbons (Fsp3) is 0.565. The molecule has 37 heavy (non-hydrogen) atoms. The average molecular weight is 573 g/mol. The maximum Gasteiger partial charge on any atom is 0.405 e. The van der Waals surface area contributed by atoms with Crippen molar-refractivity contribution in [2.24, 2.45) is 11.7 Å². The summed E-state index contributed by atoms with van der Waals surface area (Å²) in [4.78, 5) is 52.7. The molecule has 2 aliphatic heterocycles. The number of sulfonamides is 1. The molecule has 4 unspecified atom stereocenters. The van der Waals surface area contributed by atoms with Crippen molar-refractivity contribution in [3.8, 4) is 0 Å². The number of rotatable bonds is 4. The Kier molecular flexibility index (Phi) is 8.14. The summed E-state index contributed by atoms with van der Waals surface area (Å²) >= 11 is 6.67. The molecule has 2 fully saturated rings. The van der Waals surface area contributed by atoms with E-state index >= 15 is 0 Å². The van der Waals surface area contributed by atoms with Gasteiger partial charge in [0.05, 0.1) is 4.34 Å². The first-order valence-electron chi connectivity index (χ1n) is 12.1. The summed E-state index contributed by atoms with van der Waals surface area (Å²) in [5.74, 6) is -2.33. The second kappa shape index (κ2) is 11.0. The van der Waals surface area contributed by atoms with Gasteiger partial charge in [-0.2, -0.15) is 0 Å². The molecule has 4 N–H and O–H groups in total. The fourth-order valence-corrected chi connectivity index (χ4v) is 7.40. The van der Waals surface area contributed by atoms with Crippen LogP contribution in [0.4, 0.5) is 4.79 Å². The highest BCUT2D eigenvalue weighted by Gasteiger charge is 2.61. The van der Waals surface area contributed by atoms with Crippen molar-refractivity contribution in [2.45, 2.75) is 73.3 Å². The number of carbonyl (C=O) groups is 4. The average Bonchev–Trinajstić information content (AvgIpc) is 3.15. The first kappa shape index (κ1) is 27.4. The zero-order valence-corrected chi connectivity index (χ0v) is 22.4. The number of hydrogen-bond acceptors (Lipinski definition) is 8. The largest absolute Gasteiger partial charge is 0.436 e. The number of nitrogens with one attached hydrogen (secondary N) is 2. The summed E-state index contributed by atoms with van der Waals surface area (Å²) < 4.78 is 32.8. The van der Waals surface area contributed by atoms with Crippen LogP contribution < -0.4 is 15.8 Å². The second-order valence-corrected chi connectivity index (χ2v) is 13.1. The lowest BCUT2D eigenvalue weighted by Gasteiger charge is -2.29. The Hall–Kier alpha value is -2.64. The maximum absolute atomic E-state index is 13.4. The number of amides is 4. The monoisotopic (exact) mass is 572 g/mol. The minimum atomic E-state index is -4.19. The van der Waals surface area contributed by atoms with E-state index in [1.165, 1.54) is 17.0 Å². The summed E-state index contributed by atoms with van der Waals surface area (Å²) in [6.07, 6.45) is 5.86. The molecule has 4 rings (SSSR count). The van der Waals surface area contributed by atoms with Crippen molar-refractivity contribution in [3.05, 3.63) is 28.6 Å². The smallest absolute Gasteiger partial charge is 0.405 e. The van der Waals surface area contributed by atoms with Crippen LogP contribution >= 0.6 is 22.9 Å². The van der Waals surface area contributed by atoms with Crippen LogP contribution in [0.2, 0.25) is 4.34 Å². The minimum absolute atomic E-state index is 0.119.